The molecule has 0 aliphatic rings. The van der Waals surface area contributed by atoms with Gasteiger partial charge in [-0.05, 0) is 18.1 Å². The lowest BCUT2D eigenvalue weighted by Crippen LogP contribution is -1.91. The minimum Gasteiger partial charge on any atom is -0.481 e. The highest BCUT2D eigenvalue weighted by molar-refractivity contribution is 5.67. The first kappa shape index (κ1) is 9.27. The van der Waals surface area contributed by atoms with Gasteiger partial charge in [-0.25, -0.2) is 4.98 Å². The molecule has 1 aromatic heterocycles. The Hall–Kier alpha value is -1.82. The molecule has 0 aliphatic carbocycles. The molecule has 3 heteroatoms. The lowest BCUT2D eigenvalue weighted by Gasteiger charge is -1.86. The molecule has 66 valence electrons. The van der Waals surface area contributed by atoms with Crippen LogP contribution in [0.2, 0.25) is 0 Å². The van der Waals surface area contributed by atoms with Gasteiger partial charge in [0.1, 0.15) is 5.69 Å². The fraction of sp³-hybridized carbons (Fsp3) is 0.200. The van der Waals surface area contributed by atoms with E-state index >= 15 is 0 Å². The SMILES string of the molecule is O=C(O)CCC#Cc1ccccn1. The Balaban J connectivity index is 2.44. The van der Waals surface area contributed by atoms with Gasteiger partial charge in [-0.2, -0.15) is 0 Å². The Bertz CT molecular complexity index is 335. The van der Waals surface area contributed by atoms with Gasteiger partial charge in [0.2, 0.25) is 0 Å². The van der Waals surface area contributed by atoms with Crippen LogP contribution < -0.4 is 0 Å². The molecule has 0 unspecified atom stereocenters. The van der Waals surface area contributed by atoms with E-state index in [1.807, 2.05) is 12.1 Å². The smallest absolute Gasteiger partial charge is 0.304 e. The molecule has 0 aliphatic heterocycles. The normalized spacial score (nSPS) is 8.62. The van der Waals surface area contributed by atoms with Gasteiger partial charge in [-0.15, -0.1) is 0 Å². The topological polar surface area (TPSA) is 50.2 Å². The molecule has 3 nitrogen and oxygen atoms in total. The maximum Gasteiger partial charge on any atom is 0.304 e. The third kappa shape index (κ3) is 3.92. The van der Waals surface area contributed by atoms with E-state index in [4.69, 9.17) is 5.11 Å². The molecule has 0 spiro atoms. The fourth-order valence-corrected chi connectivity index (χ4v) is 0.759. The third-order valence-corrected chi connectivity index (χ3v) is 1.35. The van der Waals surface area contributed by atoms with E-state index in [9.17, 15) is 4.79 Å². The average molecular weight is 175 g/mol. The minimum absolute atomic E-state index is 0.0832. The van der Waals surface area contributed by atoms with Crippen LogP contribution in [0.4, 0.5) is 0 Å². The fourth-order valence-electron chi connectivity index (χ4n) is 0.759. The summed E-state index contributed by atoms with van der Waals surface area (Å²) in [7, 11) is 0. The second-order valence-electron chi connectivity index (χ2n) is 2.41. The van der Waals surface area contributed by atoms with Crippen molar-refractivity contribution in [3.8, 4) is 11.8 Å². The number of rotatable bonds is 2. The Kier molecular flexibility index (Phi) is 3.52. The summed E-state index contributed by atoms with van der Waals surface area (Å²) in [5, 5.41) is 8.33. The Labute approximate surface area is 76.4 Å². The van der Waals surface area contributed by atoms with E-state index in [1.165, 1.54) is 0 Å². The van der Waals surface area contributed by atoms with Crippen molar-refractivity contribution in [1.82, 2.24) is 4.98 Å². The number of carboxylic acids is 1. The first-order chi connectivity index (χ1) is 6.29. The van der Waals surface area contributed by atoms with E-state index in [1.54, 1.807) is 12.3 Å². The molecule has 13 heavy (non-hydrogen) atoms. The van der Waals surface area contributed by atoms with Crippen LogP contribution in [0.3, 0.4) is 0 Å². The van der Waals surface area contributed by atoms with Gasteiger partial charge in [0.25, 0.3) is 0 Å². The molecule has 1 aromatic rings. The Morgan fingerprint density at radius 3 is 3.00 bits per heavy atom. The van der Waals surface area contributed by atoms with Crippen molar-refractivity contribution >= 4 is 5.97 Å². The summed E-state index contributed by atoms with van der Waals surface area (Å²) >= 11 is 0. The summed E-state index contributed by atoms with van der Waals surface area (Å²) in [5.41, 5.74) is 0.674. The van der Waals surface area contributed by atoms with Crippen molar-refractivity contribution in [3.63, 3.8) is 0 Å². The van der Waals surface area contributed by atoms with Crippen LogP contribution >= 0.6 is 0 Å². The first-order valence-electron chi connectivity index (χ1n) is 3.91. The number of carboxylic acid groups (broad SMARTS) is 1. The molecule has 1 heterocycles. The predicted molar refractivity (Wildman–Crippen MR) is 48.0 cm³/mol. The molecular formula is C10H9NO2. The number of carbonyl (C=O) groups is 1. The number of pyridine rings is 1. The molecule has 0 aromatic carbocycles. The molecule has 0 saturated carbocycles. The van der Waals surface area contributed by atoms with E-state index in [0.29, 0.717) is 12.1 Å². The summed E-state index contributed by atoms with van der Waals surface area (Å²) in [4.78, 5) is 14.1. The van der Waals surface area contributed by atoms with Crippen molar-refractivity contribution in [3.05, 3.63) is 30.1 Å². The van der Waals surface area contributed by atoms with Gasteiger partial charge >= 0.3 is 5.97 Å². The van der Waals surface area contributed by atoms with Crippen LogP contribution in [0.25, 0.3) is 0 Å². The predicted octanol–water partition coefficient (Wildman–Crippen LogP) is 1.30. The molecule has 0 bridgehead atoms. The monoisotopic (exact) mass is 175 g/mol. The first-order valence-corrected chi connectivity index (χ1v) is 3.91. The quantitative estimate of drug-likeness (QED) is 0.689. The van der Waals surface area contributed by atoms with Crippen molar-refractivity contribution in [2.24, 2.45) is 0 Å². The number of nitrogens with zero attached hydrogens (tertiary/aromatic N) is 1. The maximum absolute atomic E-state index is 10.1. The van der Waals surface area contributed by atoms with Crippen LogP contribution in [0.1, 0.15) is 18.5 Å². The zero-order chi connectivity index (χ0) is 9.52. The molecule has 0 atom stereocenters. The molecule has 1 N–H and O–H groups in total. The number of aromatic nitrogens is 1. The third-order valence-electron chi connectivity index (χ3n) is 1.35. The zero-order valence-corrected chi connectivity index (χ0v) is 7.03. The molecule has 0 fully saturated rings. The van der Waals surface area contributed by atoms with Gasteiger partial charge in [-0.1, -0.05) is 12.0 Å². The molecule has 0 radical (unpaired) electrons. The summed E-state index contributed by atoms with van der Waals surface area (Å²) in [5.74, 6) is 4.69. The maximum atomic E-state index is 10.1. The van der Waals surface area contributed by atoms with Crippen LogP contribution in [0.15, 0.2) is 24.4 Å². The highest BCUT2D eigenvalue weighted by Crippen LogP contribution is 1.91. The summed E-state index contributed by atoms with van der Waals surface area (Å²) in [6.07, 6.45) is 2.10. The molecule has 1 rings (SSSR count). The zero-order valence-electron chi connectivity index (χ0n) is 7.03. The minimum atomic E-state index is -0.824. The van der Waals surface area contributed by atoms with Crippen molar-refractivity contribution in [1.29, 1.82) is 0 Å². The lowest BCUT2D eigenvalue weighted by atomic mass is 10.3. The van der Waals surface area contributed by atoms with Crippen LogP contribution in [0, 0.1) is 11.8 Å². The van der Waals surface area contributed by atoms with Gasteiger partial charge in [-0.3, -0.25) is 4.79 Å². The van der Waals surface area contributed by atoms with Gasteiger partial charge in [0, 0.05) is 12.6 Å². The highest BCUT2D eigenvalue weighted by Gasteiger charge is 1.91. The van der Waals surface area contributed by atoms with E-state index in [0.717, 1.165) is 0 Å². The van der Waals surface area contributed by atoms with Crippen LogP contribution in [-0.2, 0) is 4.79 Å². The number of hydrogen-bond donors (Lipinski definition) is 1. The second-order valence-corrected chi connectivity index (χ2v) is 2.41. The molecule has 0 amide bonds. The number of hydrogen-bond acceptors (Lipinski definition) is 2. The van der Waals surface area contributed by atoms with Crippen LogP contribution in [-0.4, -0.2) is 16.1 Å². The van der Waals surface area contributed by atoms with E-state index in [-0.39, 0.29) is 6.42 Å². The highest BCUT2D eigenvalue weighted by atomic mass is 16.4. The van der Waals surface area contributed by atoms with Gasteiger partial charge < -0.3 is 5.11 Å². The summed E-state index contributed by atoms with van der Waals surface area (Å²) in [6, 6.07) is 5.43. The average Bonchev–Trinajstić information content (AvgIpc) is 2.14. The van der Waals surface area contributed by atoms with Crippen molar-refractivity contribution in [2.45, 2.75) is 12.8 Å². The number of aliphatic carboxylic acids is 1. The summed E-state index contributed by atoms with van der Waals surface area (Å²) in [6.45, 7) is 0. The Morgan fingerprint density at radius 2 is 2.38 bits per heavy atom. The van der Waals surface area contributed by atoms with Crippen molar-refractivity contribution in [2.75, 3.05) is 0 Å². The van der Waals surface area contributed by atoms with Gasteiger partial charge in [0.05, 0.1) is 6.42 Å². The summed E-state index contributed by atoms with van der Waals surface area (Å²) < 4.78 is 0. The van der Waals surface area contributed by atoms with E-state index < -0.39 is 5.97 Å². The largest absolute Gasteiger partial charge is 0.481 e. The van der Waals surface area contributed by atoms with E-state index in [2.05, 4.69) is 16.8 Å². The van der Waals surface area contributed by atoms with Gasteiger partial charge in [0.15, 0.2) is 0 Å². The Morgan fingerprint density at radius 1 is 1.54 bits per heavy atom. The molecule has 0 saturated heterocycles. The second kappa shape index (κ2) is 4.94. The molecular weight excluding hydrogens is 166 g/mol. The van der Waals surface area contributed by atoms with Crippen molar-refractivity contribution < 1.29 is 9.90 Å². The van der Waals surface area contributed by atoms with Crippen LogP contribution in [0.5, 0.6) is 0 Å². The standard InChI is InChI=1S/C10H9NO2/c12-10(13)7-2-1-5-9-6-3-4-8-11-9/h3-4,6,8H,2,7H2,(H,12,13). The lowest BCUT2D eigenvalue weighted by molar-refractivity contribution is -0.136.